The minimum absolute atomic E-state index is 0.286. The topological polar surface area (TPSA) is 46.5 Å². The highest BCUT2D eigenvalue weighted by Crippen LogP contribution is 2.18. The van der Waals surface area contributed by atoms with E-state index in [9.17, 15) is 4.79 Å². The van der Waals surface area contributed by atoms with Crippen molar-refractivity contribution in [2.24, 2.45) is 0 Å². The fourth-order valence-corrected chi connectivity index (χ4v) is 1.70. The monoisotopic (exact) mass is 252 g/mol. The maximum absolute atomic E-state index is 10.7. The van der Waals surface area contributed by atoms with Crippen molar-refractivity contribution in [1.82, 2.24) is 0 Å². The first kappa shape index (κ1) is 13.6. The molecular weight excluding hydrogens is 236 g/mol. The third kappa shape index (κ3) is 4.53. The van der Waals surface area contributed by atoms with Gasteiger partial charge in [0.2, 0.25) is 0 Å². The SMILES string of the molecule is CCC(=CCOc1ccc(SC)cc1)C(=O)O. The third-order valence-corrected chi connectivity index (χ3v) is 3.04. The number of rotatable bonds is 6. The number of benzene rings is 1. The highest BCUT2D eigenvalue weighted by molar-refractivity contribution is 7.98. The van der Waals surface area contributed by atoms with Crippen LogP contribution in [0.1, 0.15) is 13.3 Å². The van der Waals surface area contributed by atoms with Crippen molar-refractivity contribution in [3.63, 3.8) is 0 Å². The van der Waals surface area contributed by atoms with E-state index in [1.165, 1.54) is 4.90 Å². The van der Waals surface area contributed by atoms with Crippen LogP contribution < -0.4 is 4.74 Å². The molecule has 0 aliphatic carbocycles. The molecule has 1 aromatic rings. The lowest BCUT2D eigenvalue weighted by Crippen LogP contribution is -2.02. The molecule has 0 heterocycles. The summed E-state index contributed by atoms with van der Waals surface area (Å²) in [6, 6.07) is 7.71. The summed E-state index contributed by atoms with van der Waals surface area (Å²) in [6.45, 7) is 2.10. The van der Waals surface area contributed by atoms with E-state index < -0.39 is 5.97 Å². The van der Waals surface area contributed by atoms with Crippen molar-refractivity contribution in [3.8, 4) is 5.75 Å². The molecule has 0 unspecified atom stereocenters. The molecule has 0 aromatic heterocycles. The van der Waals surface area contributed by atoms with E-state index in [-0.39, 0.29) is 6.61 Å². The minimum atomic E-state index is -0.881. The van der Waals surface area contributed by atoms with Gasteiger partial charge < -0.3 is 9.84 Å². The Morgan fingerprint density at radius 1 is 1.41 bits per heavy atom. The molecule has 1 rings (SSSR count). The van der Waals surface area contributed by atoms with E-state index in [4.69, 9.17) is 9.84 Å². The number of hydrogen-bond donors (Lipinski definition) is 1. The van der Waals surface area contributed by atoms with Gasteiger partial charge >= 0.3 is 5.97 Å². The van der Waals surface area contributed by atoms with Crippen LogP contribution in [-0.4, -0.2) is 23.9 Å². The number of carboxylic acids is 1. The smallest absolute Gasteiger partial charge is 0.331 e. The summed E-state index contributed by atoms with van der Waals surface area (Å²) in [6.07, 6.45) is 4.12. The highest BCUT2D eigenvalue weighted by atomic mass is 32.2. The zero-order chi connectivity index (χ0) is 12.7. The van der Waals surface area contributed by atoms with Gasteiger partial charge in [-0.3, -0.25) is 0 Å². The molecule has 0 spiro atoms. The van der Waals surface area contributed by atoms with Gasteiger partial charge in [0.25, 0.3) is 0 Å². The lowest BCUT2D eigenvalue weighted by Gasteiger charge is -2.04. The number of carboxylic acid groups (broad SMARTS) is 1. The van der Waals surface area contributed by atoms with Crippen LogP contribution in [0.4, 0.5) is 0 Å². The zero-order valence-electron chi connectivity index (χ0n) is 9.97. The van der Waals surface area contributed by atoms with Gasteiger partial charge in [-0.15, -0.1) is 11.8 Å². The third-order valence-electron chi connectivity index (χ3n) is 2.29. The number of carbonyl (C=O) groups is 1. The largest absolute Gasteiger partial charge is 0.490 e. The van der Waals surface area contributed by atoms with Gasteiger partial charge in [0, 0.05) is 10.5 Å². The minimum Gasteiger partial charge on any atom is -0.490 e. The van der Waals surface area contributed by atoms with E-state index in [0.717, 1.165) is 5.75 Å². The molecule has 92 valence electrons. The number of aliphatic carboxylic acids is 1. The van der Waals surface area contributed by atoms with Crippen molar-refractivity contribution in [2.45, 2.75) is 18.2 Å². The fraction of sp³-hybridized carbons (Fsp3) is 0.308. The number of ether oxygens (including phenoxy) is 1. The Bertz CT molecular complexity index is 396. The lowest BCUT2D eigenvalue weighted by atomic mass is 10.2. The second kappa shape index (κ2) is 7.01. The van der Waals surface area contributed by atoms with Gasteiger partial charge in [0.15, 0.2) is 0 Å². The van der Waals surface area contributed by atoms with Crippen molar-refractivity contribution in [1.29, 1.82) is 0 Å². The Hall–Kier alpha value is -1.42. The lowest BCUT2D eigenvalue weighted by molar-refractivity contribution is -0.132. The van der Waals surface area contributed by atoms with Crippen LogP contribution in [0.5, 0.6) is 5.75 Å². The Morgan fingerprint density at radius 3 is 2.53 bits per heavy atom. The second-order valence-electron chi connectivity index (χ2n) is 3.37. The molecule has 0 atom stereocenters. The maximum atomic E-state index is 10.7. The molecule has 1 aromatic carbocycles. The molecule has 0 amide bonds. The molecule has 1 N–H and O–H groups in total. The molecule has 0 radical (unpaired) electrons. The van der Waals surface area contributed by atoms with Crippen LogP contribution in [0.15, 0.2) is 40.8 Å². The standard InChI is InChI=1S/C13H16O3S/c1-3-10(13(14)15)8-9-16-11-4-6-12(17-2)7-5-11/h4-8H,3,9H2,1-2H3,(H,14,15). The summed E-state index contributed by atoms with van der Waals surface area (Å²) in [4.78, 5) is 11.9. The molecule has 0 aliphatic rings. The maximum Gasteiger partial charge on any atom is 0.331 e. The van der Waals surface area contributed by atoms with Gasteiger partial charge in [-0.25, -0.2) is 4.79 Å². The number of thioether (sulfide) groups is 1. The molecule has 3 nitrogen and oxygen atoms in total. The van der Waals surface area contributed by atoms with E-state index in [1.807, 2.05) is 37.4 Å². The van der Waals surface area contributed by atoms with Crippen molar-refractivity contribution >= 4 is 17.7 Å². The predicted octanol–water partition coefficient (Wildman–Crippen LogP) is 3.21. The highest BCUT2D eigenvalue weighted by Gasteiger charge is 2.03. The Kier molecular flexibility index (Phi) is 5.63. The predicted molar refractivity (Wildman–Crippen MR) is 69.7 cm³/mol. The van der Waals surface area contributed by atoms with Gasteiger partial charge in [0.05, 0.1) is 0 Å². The molecule has 0 saturated heterocycles. The summed E-state index contributed by atoms with van der Waals surface area (Å²) >= 11 is 1.67. The Labute approximate surface area is 105 Å². The van der Waals surface area contributed by atoms with Crippen LogP contribution in [-0.2, 0) is 4.79 Å². The first-order valence-electron chi connectivity index (χ1n) is 5.36. The molecule has 0 fully saturated rings. The summed E-state index contributed by atoms with van der Waals surface area (Å²) < 4.78 is 5.44. The first-order valence-corrected chi connectivity index (χ1v) is 6.59. The molecule has 0 aliphatic heterocycles. The van der Waals surface area contributed by atoms with Crippen molar-refractivity contribution in [2.75, 3.05) is 12.9 Å². The molecule has 0 bridgehead atoms. The van der Waals surface area contributed by atoms with Gasteiger partial charge in [-0.1, -0.05) is 6.92 Å². The summed E-state index contributed by atoms with van der Waals surface area (Å²) in [5.74, 6) is -0.131. The van der Waals surface area contributed by atoms with Crippen LogP contribution in [0.2, 0.25) is 0 Å². The van der Waals surface area contributed by atoms with Crippen LogP contribution in [0, 0.1) is 0 Å². The second-order valence-corrected chi connectivity index (χ2v) is 4.25. The van der Waals surface area contributed by atoms with Crippen molar-refractivity contribution in [3.05, 3.63) is 35.9 Å². The Balaban J connectivity index is 2.52. The average molecular weight is 252 g/mol. The average Bonchev–Trinajstić information content (AvgIpc) is 2.35. The van der Waals surface area contributed by atoms with Crippen LogP contribution in [0.25, 0.3) is 0 Å². The van der Waals surface area contributed by atoms with E-state index in [1.54, 1.807) is 17.8 Å². The van der Waals surface area contributed by atoms with Crippen LogP contribution in [0.3, 0.4) is 0 Å². The zero-order valence-corrected chi connectivity index (χ0v) is 10.8. The van der Waals surface area contributed by atoms with E-state index >= 15 is 0 Å². The van der Waals surface area contributed by atoms with Gasteiger partial charge in [-0.2, -0.15) is 0 Å². The molecular formula is C13H16O3S. The number of hydrogen-bond acceptors (Lipinski definition) is 3. The summed E-state index contributed by atoms with van der Waals surface area (Å²) in [7, 11) is 0. The normalized spacial score (nSPS) is 11.3. The summed E-state index contributed by atoms with van der Waals surface area (Å²) in [5, 5.41) is 8.81. The quantitative estimate of drug-likeness (QED) is 0.624. The Morgan fingerprint density at radius 2 is 2.06 bits per heavy atom. The van der Waals surface area contributed by atoms with Gasteiger partial charge in [0.1, 0.15) is 12.4 Å². The molecule has 4 heteroatoms. The van der Waals surface area contributed by atoms with E-state index in [0.29, 0.717) is 12.0 Å². The molecule has 17 heavy (non-hydrogen) atoms. The van der Waals surface area contributed by atoms with E-state index in [2.05, 4.69) is 0 Å². The summed E-state index contributed by atoms with van der Waals surface area (Å²) in [5.41, 5.74) is 0.380. The van der Waals surface area contributed by atoms with Gasteiger partial charge in [-0.05, 0) is 43.0 Å². The van der Waals surface area contributed by atoms with Crippen molar-refractivity contribution < 1.29 is 14.6 Å². The first-order chi connectivity index (χ1) is 8.17. The molecule has 0 saturated carbocycles. The van der Waals surface area contributed by atoms with Crippen LogP contribution >= 0.6 is 11.8 Å². The fourth-order valence-electron chi connectivity index (χ4n) is 1.29.